The Balaban J connectivity index is 2.59. The Labute approximate surface area is 117 Å². The molecule has 106 valence electrons. The number of hydrogen-bond donors (Lipinski definition) is 0. The number of hydrogen-bond acceptors (Lipinski definition) is 4. The zero-order chi connectivity index (χ0) is 14.9. The summed E-state index contributed by atoms with van der Waals surface area (Å²) in [7, 11) is 4.74. The van der Waals surface area contributed by atoms with Crippen molar-refractivity contribution in [2.45, 2.75) is 13.3 Å². The van der Waals surface area contributed by atoms with Crippen molar-refractivity contribution in [1.29, 1.82) is 0 Å². The van der Waals surface area contributed by atoms with Crippen LogP contribution in [0.25, 0.3) is 10.9 Å². The number of ketones is 1. The quantitative estimate of drug-likeness (QED) is 0.488. The van der Waals surface area contributed by atoms with Crippen LogP contribution in [0.15, 0.2) is 18.2 Å². The number of esters is 1. The number of aromatic nitrogens is 1. The van der Waals surface area contributed by atoms with E-state index < -0.39 is 5.97 Å². The van der Waals surface area contributed by atoms with E-state index in [2.05, 4.69) is 4.74 Å². The first-order valence-corrected chi connectivity index (χ1v) is 6.22. The highest BCUT2D eigenvalue weighted by molar-refractivity contribution is 6.14. The minimum Gasteiger partial charge on any atom is -0.497 e. The van der Waals surface area contributed by atoms with E-state index >= 15 is 0 Å². The van der Waals surface area contributed by atoms with Gasteiger partial charge in [-0.25, -0.2) is 0 Å². The molecule has 5 nitrogen and oxygen atoms in total. The van der Waals surface area contributed by atoms with Crippen LogP contribution in [0.5, 0.6) is 5.75 Å². The topological polar surface area (TPSA) is 57.5 Å². The normalized spacial score (nSPS) is 10.6. The van der Waals surface area contributed by atoms with Gasteiger partial charge in [-0.15, -0.1) is 0 Å². The Kier molecular flexibility index (Phi) is 3.79. The summed E-state index contributed by atoms with van der Waals surface area (Å²) in [5.41, 5.74) is 2.30. The number of aryl methyl sites for hydroxylation is 1. The summed E-state index contributed by atoms with van der Waals surface area (Å²) in [5, 5.41) is 0.790. The average molecular weight is 275 g/mol. The van der Waals surface area contributed by atoms with Gasteiger partial charge >= 0.3 is 5.97 Å². The lowest BCUT2D eigenvalue weighted by Gasteiger charge is -2.02. The van der Waals surface area contributed by atoms with Crippen molar-refractivity contribution in [3.05, 3.63) is 29.5 Å². The summed E-state index contributed by atoms with van der Waals surface area (Å²) in [6, 6.07) is 5.55. The molecule has 0 aliphatic heterocycles. The molecule has 2 rings (SSSR count). The minimum absolute atomic E-state index is 0.242. The fraction of sp³-hybridized carbons (Fsp3) is 0.333. The van der Waals surface area contributed by atoms with E-state index in [-0.39, 0.29) is 12.2 Å². The molecule has 1 aromatic heterocycles. The summed E-state index contributed by atoms with van der Waals surface area (Å²) in [6.07, 6.45) is -0.256. The smallest absolute Gasteiger partial charge is 0.313 e. The maximum absolute atomic E-state index is 12.3. The van der Waals surface area contributed by atoms with E-state index in [9.17, 15) is 9.59 Å². The third-order valence-electron chi connectivity index (χ3n) is 3.51. The van der Waals surface area contributed by atoms with Crippen LogP contribution >= 0.6 is 0 Å². The number of carbonyl (C=O) groups excluding carboxylic acids is 2. The molecule has 0 aliphatic carbocycles. The third-order valence-corrected chi connectivity index (χ3v) is 3.51. The largest absolute Gasteiger partial charge is 0.497 e. The maximum atomic E-state index is 12.3. The van der Waals surface area contributed by atoms with Gasteiger partial charge < -0.3 is 14.0 Å². The van der Waals surface area contributed by atoms with Gasteiger partial charge in [-0.2, -0.15) is 0 Å². The molecule has 20 heavy (non-hydrogen) atoms. The Morgan fingerprint density at radius 2 is 1.95 bits per heavy atom. The second-order valence-electron chi connectivity index (χ2n) is 4.58. The zero-order valence-corrected chi connectivity index (χ0v) is 12.0. The lowest BCUT2D eigenvalue weighted by atomic mass is 10.0. The van der Waals surface area contributed by atoms with E-state index in [1.807, 2.05) is 36.7 Å². The molecule has 0 unspecified atom stereocenters. The minimum atomic E-state index is -0.533. The van der Waals surface area contributed by atoms with Crippen molar-refractivity contribution >= 4 is 22.7 Å². The predicted molar refractivity (Wildman–Crippen MR) is 75.2 cm³/mol. The lowest BCUT2D eigenvalue weighted by molar-refractivity contribution is -0.139. The van der Waals surface area contributed by atoms with E-state index in [1.54, 1.807) is 7.11 Å². The number of nitrogens with zero attached hydrogens (tertiary/aromatic N) is 1. The van der Waals surface area contributed by atoms with Gasteiger partial charge in [-0.05, 0) is 25.1 Å². The number of rotatable bonds is 4. The van der Waals surface area contributed by atoms with Crippen molar-refractivity contribution < 1.29 is 19.1 Å². The van der Waals surface area contributed by atoms with Crippen LogP contribution in [0, 0.1) is 6.92 Å². The van der Waals surface area contributed by atoms with Crippen LogP contribution < -0.4 is 4.74 Å². The fourth-order valence-electron chi connectivity index (χ4n) is 2.32. The molecule has 0 fully saturated rings. The molecule has 5 heteroatoms. The highest BCUT2D eigenvalue weighted by Crippen LogP contribution is 2.29. The molecule has 0 amide bonds. The van der Waals surface area contributed by atoms with Gasteiger partial charge in [0.05, 0.1) is 14.2 Å². The van der Waals surface area contributed by atoms with E-state index in [0.717, 1.165) is 16.6 Å². The van der Waals surface area contributed by atoms with Crippen LogP contribution in [0.4, 0.5) is 0 Å². The van der Waals surface area contributed by atoms with Crippen molar-refractivity contribution in [2.75, 3.05) is 14.2 Å². The Hall–Kier alpha value is -2.30. The molecule has 0 N–H and O–H groups in total. The second-order valence-corrected chi connectivity index (χ2v) is 4.58. The average Bonchev–Trinajstić information content (AvgIpc) is 2.70. The third kappa shape index (κ3) is 2.27. The molecule has 0 aliphatic rings. The first kappa shape index (κ1) is 14.1. The fourth-order valence-corrected chi connectivity index (χ4v) is 2.32. The molecular formula is C15H17NO4. The van der Waals surface area contributed by atoms with Gasteiger partial charge in [0.15, 0.2) is 5.78 Å². The number of methoxy groups -OCH3 is 2. The summed E-state index contributed by atoms with van der Waals surface area (Å²) in [5.74, 6) is -0.0993. The number of benzene rings is 1. The van der Waals surface area contributed by atoms with Crippen LogP contribution in [-0.4, -0.2) is 30.5 Å². The van der Waals surface area contributed by atoms with E-state index in [4.69, 9.17) is 4.74 Å². The molecule has 1 heterocycles. The first-order chi connectivity index (χ1) is 9.49. The number of ether oxygens (including phenoxy) is 2. The molecule has 0 spiro atoms. The second kappa shape index (κ2) is 5.36. The highest BCUT2D eigenvalue weighted by Gasteiger charge is 2.21. The monoisotopic (exact) mass is 275 g/mol. The van der Waals surface area contributed by atoms with Crippen molar-refractivity contribution in [1.82, 2.24) is 4.57 Å². The van der Waals surface area contributed by atoms with Gasteiger partial charge in [-0.1, -0.05) is 0 Å². The number of fused-ring (bicyclic) bond motifs is 1. The molecular weight excluding hydrogens is 258 g/mol. The predicted octanol–water partition coefficient (Wildman–Crippen LogP) is 2.24. The van der Waals surface area contributed by atoms with E-state index in [1.165, 1.54) is 7.11 Å². The van der Waals surface area contributed by atoms with Crippen molar-refractivity contribution in [3.8, 4) is 5.75 Å². The molecule has 0 saturated carbocycles. The Bertz CT molecular complexity index is 685. The van der Waals surface area contributed by atoms with Crippen LogP contribution in [0.3, 0.4) is 0 Å². The molecule has 0 atom stereocenters. The van der Waals surface area contributed by atoms with Crippen molar-refractivity contribution in [2.24, 2.45) is 7.05 Å². The SMILES string of the molecule is COC(=O)CC(=O)c1c(C)n(C)c2ccc(OC)cc12. The standard InChI is InChI=1S/C15H17NO4/c1-9-15(13(17)8-14(18)20-4)11-7-10(19-3)5-6-12(11)16(9)2/h5-7H,8H2,1-4H3. The summed E-state index contributed by atoms with van der Waals surface area (Å²) < 4.78 is 11.7. The van der Waals surface area contributed by atoms with Crippen LogP contribution in [0.2, 0.25) is 0 Å². The molecule has 0 radical (unpaired) electrons. The summed E-state index contributed by atoms with van der Waals surface area (Å²) in [4.78, 5) is 23.6. The summed E-state index contributed by atoms with van der Waals surface area (Å²) >= 11 is 0. The number of carbonyl (C=O) groups is 2. The van der Waals surface area contributed by atoms with Crippen LogP contribution in [-0.2, 0) is 16.6 Å². The maximum Gasteiger partial charge on any atom is 0.313 e. The van der Waals surface area contributed by atoms with Gasteiger partial charge in [0.1, 0.15) is 12.2 Å². The van der Waals surface area contributed by atoms with Gasteiger partial charge in [-0.3, -0.25) is 9.59 Å². The Morgan fingerprint density at radius 1 is 1.25 bits per heavy atom. The van der Waals surface area contributed by atoms with Gasteiger partial charge in [0.25, 0.3) is 0 Å². The number of Topliss-reactive ketones (excluding diaryl/α,β-unsaturated/α-hetero) is 1. The highest BCUT2D eigenvalue weighted by atomic mass is 16.5. The Morgan fingerprint density at radius 3 is 2.55 bits per heavy atom. The van der Waals surface area contributed by atoms with Gasteiger partial charge in [0, 0.05) is 29.2 Å². The van der Waals surface area contributed by atoms with Crippen molar-refractivity contribution in [3.63, 3.8) is 0 Å². The van der Waals surface area contributed by atoms with Crippen LogP contribution in [0.1, 0.15) is 22.5 Å². The molecule has 2 aromatic rings. The van der Waals surface area contributed by atoms with Gasteiger partial charge in [0.2, 0.25) is 0 Å². The summed E-state index contributed by atoms with van der Waals surface area (Å²) in [6.45, 7) is 1.86. The zero-order valence-electron chi connectivity index (χ0n) is 12.0. The first-order valence-electron chi connectivity index (χ1n) is 6.22. The lowest BCUT2D eigenvalue weighted by Crippen LogP contribution is -2.10. The molecule has 1 aromatic carbocycles. The van der Waals surface area contributed by atoms with E-state index in [0.29, 0.717) is 11.3 Å². The molecule has 0 bridgehead atoms. The molecule has 0 saturated heterocycles.